The molecule has 0 saturated carbocycles. The minimum Gasteiger partial charge on any atom is -0.263 e. The third-order valence-electron chi connectivity index (χ3n) is 2.86. The van der Waals surface area contributed by atoms with E-state index in [0.717, 1.165) is 11.3 Å². The summed E-state index contributed by atoms with van der Waals surface area (Å²) in [6.45, 7) is 3.64. The smallest absolute Gasteiger partial charge is 0.263 e. The second kappa shape index (κ2) is 4.86. The van der Waals surface area contributed by atoms with Crippen LogP contribution in [0.15, 0.2) is 29.2 Å². The minimum absolute atomic E-state index is 0.123. The molecule has 0 bridgehead atoms. The van der Waals surface area contributed by atoms with Crippen LogP contribution >= 0.6 is 11.6 Å². The van der Waals surface area contributed by atoms with E-state index in [0.29, 0.717) is 10.8 Å². The van der Waals surface area contributed by atoms with Crippen LogP contribution in [0.2, 0.25) is 5.02 Å². The lowest BCUT2D eigenvalue weighted by molar-refractivity contribution is 0.600. The zero-order valence-electron chi connectivity index (χ0n) is 10.8. The molecule has 5 nitrogen and oxygen atoms in total. The van der Waals surface area contributed by atoms with E-state index in [1.165, 1.54) is 16.8 Å². The van der Waals surface area contributed by atoms with Gasteiger partial charge in [-0.25, -0.2) is 8.42 Å². The van der Waals surface area contributed by atoms with Gasteiger partial charge in [-0.15, -0.1) is 0 Å². The predicted octanol–water partition coefficient (Wildman–Crippen LogP) is 2.49. The highest BCUT2D eigenvalue weighted by Crippen LogP contribution is 2.22. The van der Waals surface area contributed by atoms with E-state index in [-0.39, 0.29) is 4.90 Å². The molecule has 0 fully saturated rings. The van der Waals surface area contributed by atoms with Crippen LogP contribution in [-0.2, 0) is 17.1 Å². The first-order chi connectivity index (χ1) is 8.81. The molecule has 0 aliphatic carbocycles. The van der Waals surface area contributed by atoms with Crippen molar-refractivity contribution in [2.24, 2.45) is 7.05 Å². The molecule has 1 heterocycles. The Morgan fingerprint density at radius 3 is 2.53 bits per heavy atom. The SMILES string of the molecule is Cc1nn(C)c(NS(=O)(=O)c2cccc(Cl)c2)c1C. The number of hydrogen-bond acceptors (Lipinski definition) is 3. The Kier molecular flexibility index (Phi) is 3.56. The van der Waals surface area contributed by atoms with Crippen molar-refractivity contribution in [1.82, 2.24) is 9.78 Å². The number of sulfonamides is 1. The van der Waals surface area contributed by atoms with E-state index >= 15 is 0 Å². The predicted molar refractivity (Wildman–Crippen MR) is 74.9 cm³/mol. The van der Waals surface area contributed by atoms with E-state index in [1.807, 2.05) is 13.8 Å². The minimum atomic E-state index is -3.66. The molecule has 7 heteroatoms. The van der Waals surface area contributed by atoms with Gasteiger partial charge < -0.3 is 0 Å². The Morgan fingerprint density at radius 2 is 2.00 bits per heavy atom. The largest absolute Gasteiger partial charge is 0.263 e. The van der Waals surface area contributed by atoms with Crippen molar-refractivity contribution in [3.8, 4) is 0 Å². The molecule has 2 aromatic rings. The number of aromatic nitrogens is 2. The zero-order chi connectivity index (χ0) is 14.2. The molecular formula is C12H14ClN3O2S. The fraction of sp³-hybridized carbons (Fsp3) is 0.250. The maximum Gasteiger partial charge on any atom is 0.263 e. The monoisotopic (exact) mass is 299 g/mol. The highest BCUT2D eigenvalue weighted by atomic mass is 35.5. The summed E-state index contributed by atoms with van der Waals surface area (Å²) in [5.74, 6) is 0.456. The average Bonchev–Trinajstić information content (AvgIpc) is 2.56. The van der Waals surface area contributed by atoms with Crippen LogP contribution in [-0.4, -0.2) is 18.2 Å². The molecule has 2 rings (SSSR count). The number of nitrogens with zero attached hydrogens (tertiary/aromatic N) is 2. The van der Waals surface area contributed by atoms with Crippen LogP contribution in [0.1, 0.15) is 11.3 Å². The van der Waals surface area contributed by atoms with E-state index in [2.05, 4.69) is 9.82 Å². The van der Waals surface area contributed by atoms with Crippen LogP contribution < -0.4 is 4.72 Å². The molecular weight excluding hydrogens is 286 g/mol. The van der Waals surface area contributed by atoms with Gasteiger partial charge in [0.15, 0.2) is 0 Å². The number of aryl methyl sites for hydroxylation is 2. The first-order valence-corrected chi connectivity index (χ1v) is 7.46. The summed E-state index contributed by atoms with van der Waals surface area (Å²) >= 11 is 5.81. The maximum absolute atomic E-state index is 12.3. The van der Waals surface area contributed by atoms with Gasteiger partial charge in [-0.3, -0.25) is 9.40 Å². The van der Waals surface area contributed by atoms with Gasteiger partial charge in [0.1, 0.15) is 5.82 Å². The van der Waals surface area contributed by atoms with Gasteiger partial charge in [-0.2, -0.15) is 5.10 Å². The van der Waals surface area contributed by atoms with Crippen LogP contribution in [0, 0.1) is 13.8 Å². The molecule has 0 atom stereocenters. The lowest BCUT2D eigenvalue weighted by atomic mass is 10.3. The highest BCUT2D eigenvalue weighted by Gasteiger charge is 2.19. The highest BCUT2D eigenvalue weighted by molar-refractivity contribution is 7.92. The van der Waals surface area contributed by atoms with Crippen molar-refractivity contribution in [1.29, 1.82) is 0 Å². The fourth-order valence-corrected chi connectivity index (χ4v) is 3.18. The molecule has 102 valence electrons. The Hall–Kier alpha value is -1.53. The Balaban J connectivity index is 2.42. The summed E-state index contributed by atoms with van der Waals surface area (Å²) in [5, 5.41) is 4.55. The third-order valence-corrected chi connectivity index (χ3v) is 4.43. The summed E-state index contributed by atoms with van der Waals surface area (Å²) in [4.78, 5) is 0.123. The van der Waals surface area contributed by atoms with Crippen molar-refractivity contribution in [3.05, 3.63) is 40.5 Å². The van der Waals surface area contributed by atoms with Gasteiger partial charge in [0.05, 0.1) is 10.6 Å². The Morgan fingerprint density at radius 1 is 1.32 bits per heavy atom. The van der Waals surface area contributed by atoms with Crippen molar-refractivity contribution in [2.75, 3.05) is 4.72 Å². The van der Waals surface area contributed by atoms with E-state index < -0.39 is 10.0 Å². The maximum atomic E-state index is 12.3. The Labute approximate surface area is 117 Å². The van der Waals surface area contributed by atoms with E-state index in [4.69, 9.17) is 11.6 Å². The van der Waals surface area contributed by atoms with Gasteiger partial charge in [-0.05, 0) is 32.0 Å². The van der Waals surface area contributed by atoms with Gasteiger partial charge in [0, 0.05) is 17.6 Å². The van der Waals surface area contributed by atoms with Crippen LogP contribution in [0.3, 0.4) is 0 Å². The Bertz CT molecular complexity index is 723. The number of benzene rings is 1. The second-order valence-electron chi connectivity index (χ2n) is 4.25. The summed E-state index contributed by atoms with van der Waals surface area (Å²) in [6.07, 6.45) is 0. The lowest BCUT2D eigenvalue weighted by Crippen LogP contribution is -2.16. The molecule has 19 heavy (non-hydrogen) atoms. The topological polar surface area (TPSA) is 64.0 Å². The second-order valence-corrected chi connectivity index (χ2v) is 6.36. The number of hydrogen-bond donors (Lipinski definition) is 1. The summed E-state index contributed by atoms with van der Waals surface area (Å²) in [5.41, 5.74) is 1.58. The van der Waals surface area contributed by atoms with E-state index in [9.17, 15) is 8.42 Å². The summed E-state index contributed by atoms with van der Waals surface area (Å²) < 4.78 is 28.6. The molecule has 0 radical (unpaired) electrons. The van der Waals surface area contributed by atoms with Crippen LogP contribution in [0.4, 0.5) is 5.82 Å². The van der Waals surface area contributed by atoms with Crippen molar-refractivity contribution in [2.45, 2.75) is 18.7 Å². The van der Waals surface area contributed by atoms with Gasteiger partial charge in [0.2, 0.25) is 0 Å². The summed E-state index contributed by atoms with van der Waals surface area (Å²) in [7, 11) is -1.97. The molecule has 1 aromatic carbocycles. The molecule has 0 amide bonds. The number of halogens is 1. The fourth-order valence-electron chi connectivity index (χ4n) is 1.73. The molecule has 0 spiro atoms. The molecule has 0 saturated heterocycles. The van der Waals surface area contributed by atoms with Crippen molar-refractivity contribution < 1.29 is 8.42 Å². The lowest BCUT2D eigenvalue weighted by Gasteiger charge is -2.09. The van der Waals surface area contributed by atoms with Crippen molar-refractivity contribution in [3.63, 3.8) is 0 Å². The summed E-state index contributed by atoms with van der Waals surface area (Å²) in [6, 6.07) is 6.12. The van der Waals surface area contributed by atoms with Gasteiger partial charge in [-0.1, -0.05) is 17.7 Å². The average molecular weight is 300 g/mol. The quantitative estimate of drug-likeness (QED) is 0.947. The van der Waals surface area contributed by atoms with Gasteiger partial charge >= 0.3 is 0 Å². The number of nitrogens with one attached hydrogen (secondary N) is 1. The normalized spacial score (nSPS) is 11.6. The molecule has 1 aromatic heterocycles. The molecule has 1 N–H and O–H groups in total. The van der Waals surface area contributed by atoms with Crippen LogP contribution in [0.25, 0.3) is 0 Å². The van der Waals surface area contributed by atoms with Crippen LogP contribution in [0.5, 0.6) is 0 Å². The van der Waals surface area contributed by atoms with Crippen molar-refractivity contribution >= 4 is 27.4 Å². The first-order valence-electron chi connectivity index (χ1n) is 5.60. The molecule has 0 aliphatic heterocycles. The number of anilines is 1. The third kappa shape index (κ3) is 2.74. The zero-order valence-corrected chi connectivity index (χ0v) is 12.4. The number of rotatable bonds is 3. The molecule has 0 aliphatic rings. The first kappa shape index (κ1) is 13.9. The molecule has 0 unspecified atom stereocenters. The van der Waals surface area contributed by atoms with Gasteiger partial charge in [0.25, 0.3) is 10.0 Å². The standard InChI is InChI=1S/C12H14ClN3O2S/c1-8-9(2)14-16(3)12(8)15-19(17,18)11-6-4-5-10(13)7-11/h4-7,15H,1-3H3. The van der Waals surface area contributed by atoms with E-state index in [1.54, 1.807) is 19.2 Å².